The molecular weight excluding hydrogens is 358 g/mol. The van der Waals surface area contributed by atoms with E-state index >= 15 is 0 Å². The van der Waals surface area contributed by atoms with E-state index in [1.165, 1.54) is 18.2 Å². The maximum absolute atomic E-state index is 11.1. The molecule has 1 unspecified atom stereocenters. The molecule has 3 heterocycles. The van der Waals surface area contributed by atoms with Crippen LogP contribution >= 0.6 is 11.6 Å². The van der Waals surface area contributed by atoms with Crippen LogP contribution in [0.25, 0.3) is 0 Å². The van der Waals surface area contributed by atoms with Crippen LogP contribution in [-0.4, -0.2) is 58.9 Å². The van der Waals surface area contributed by atoms with E-state index in [2.05, 4.69) is 20.2 Å². The normalized spacial score (nSPS) is 17.1. The first-order valence-electron chi connectivity index (χ1n) is 8.15. The third kappa shape index (κ3) is 3.91. The Morgan fingerprint density at radius 1 is 1.35 bits per heavy atom. The van der Waals surface area contributed by atoms with E-state index in [0.717, 1.165) is 5.69 Å². The number of halogens is 1. The number of rotatable bonds is 4. The molecule has 2 aromatic rings. The number of hydrogen-bond donors (Lipinski definition) is 2. The molecule has 0 radical (unpaired) electrons. The van der Waals surface area contributed by atoms with Gasteiger partial charge in [0.1, 0.15) is 11.5 Å². The van der Waals surface area contributed by atoms with Gasteiger partial charge in [-0.1, -0.05) is 11.6 Å². The molecule has 1 aliphatic rings. The number of pyridine rings is 2. The van der Waals surface area contributed by atoms with E-state index in [9.17, 15) is 4.79 Å². The van der Waals surface area contributed by atoms with Crippen molar-refractivity contribution in [3.63, 3.8) is 0 Å². The lowest BCUT2D eigenvalue weighted by Crippen LogP contribution is -2.53. The first-order chi connectivity index (χ1) is 12.5. The van der Waals surface area contributed by atoms with Gasteiger partial charge in [-0.05, 0) is 25.1 Å². The zero-order valence-corrected chi connectivity index (χ0v) is 15.3. The van der Waals surface area contributed by atoms with Crippen molar-refractivity contribution in [2.75, 3.05) is 37.0 Å². The average molecular weight is 378 g/mol. The highest BCUT2D eigenvalue weighted by atomic mass is 35.5. The van der Waals surface area contributed by atoms with Gasteiger partial charge in [0.25, 0.3) is 0 Å². The van der Waals surface area contributed by atoms with E-state index in [1.807, 2.05) is 19.1 Å². The number of carboxylic acid groups (broad SMARTS) is 1. The molecule has 1 amide bonds. The van der Waals surface area contributed by atoms with Crippen LogP contribution in [0.3, 0.4) is 0 Å². The molecule has 9 heteroatoms. The smallest absolute Gasteiger partial charge is 0.407 e. The number of piperazine rings is 1. The summed E-state index contributed by atoms with van der Waals surface area (Å²) in [5.74, 6) is 1.06. The molecule has 3 rings (SSSR count). The molecular formula is C17H20ClN5O3. The topological polar surface area (TPSA) is 90.8 Å². The van der Waals surface area contributed by atoms with Gasteiger partial charge in [0.05, 0.1) is 24.0 Å². The van der Waals surface area contributed by atoms with Gasteiger partial charge in [-0.15, -0.1) is 0 Å². The number of nitrogens with one attached hydrogen (secondary N) is 1. The lowest BCUT2D eigenvalue weighted by Gasteiger charge is -2.39. The molecule has 0 aliphatic carbocycles. The number of hydrogen-bond acceptors (Lipinski definition) is 6. The largest absolute Gasteiger partial charge is 0.480 e. The number of nitrogens with zero attached hydrogens (tertiary/aromatic N) is 4. The lowest BCUT2D eigenvalue weighted by atomic mass is 10.2. The van der Waals surface area contributed by atoms with Gasteiger partial charge in [-0.3, -0.25) is 0 Å². The van der Waals surface area contributed by atoms with Gasteiger partial charge in [-0.25, -0.2) is 14.8 Å². The molecule has 0 bridgehead atoms. The summed E-state index contributed by atoms with van der Waals surface area (Å²) >= 11 is 5.99. The molecule has 0 spiro atoms. The number of ether oxygens (including phenoxy) is 1. The third-order valence-electron chi connectivity index (χ3n) is 4.25. The van der Waals surface area contributed by atoms with E-state index in [-0.39, 0.29) is 6.04 Å². The van der Waals surface area contributed by atoms with Crippen molar-refractivity contribution in [2.45, 2.75) is 13.0 Å². The highest BCUT2D eigenvalue weighted by molar-refractivity contribution is 6.30. The Labute approximate surface area is 156 Å². The minimum atomic E-state index is -0.877. The number of carbonyl (C=O) groups is 1. The molecule has 1 fully saturated rings. The van der Waals surface area contributed by atoms with E-state index in [0.29, 0.717) is 42.0 Å². The summed E-state index contributed by atoms with van der Waals surface area (Å²) in [6.07, 6.45) is 2.40. The van der Waals surface area contributed by atoms with Gasteiger partial charge in [0, 0.05) is 31.9 Å². The van der Waals surface area contributed by atoms with Crippen molar-refractivity contribution < 1.29 is 14.6 Å². The van der Waals surface area contributed by atoms with Gasteiger partial charge in [-0.2, -0.15) is 0 Å². The number of anilines is 3. The summed E-state index contributed by atoms with van der Waals surface area (Å²) in [6.45, 7) is 3.59. The first kappa shape index (κ1) is 18.1. The summed E-state index contributed by atoms with van der Waals surface area (Å²) in [4.78, 5) is 23.2. The van der Waals surface area contributed by atoms with E-state index in [4.69, 9.17) is 21.4 Å². The van der Waals surface area contributed by atoms with Crippen LogP contribution in [0.15, 0.2) is 30.6 Å². The van der Waals surface area contributed by atoms with Gasteiger partial charge >= 0.3 is 6.09 Å². The second kappa shape index (κ2) is 7.65. The van der Waals surface area contributed by atoms with Crippen molar-refractivity contribution in [1.29, 1.82) is 0 Å². The van der Waals surface area contributed by atoms with Gasteiger partial charge in [0.2, 0.25) is 5.88 Å². The zero-order valence-electron chi connectivity index (χ0n) is 14.5. The molecule has 138 valence electrons. The predicted octanol–water partition coefficient (Wildman–Crippen LogP) is 3.07. The molecule has 1 atom stereocenters. The Kier molecular flexibility index (Phi) is 5.32. The quantitative estimate of drug-likeness (QED) is 0.846. The Hall–Kier alpha value is -2.74. The molecule has 0 aromatic carbocycles. The second-order valence-corrected chi connectivity index (χ2v) is 6.44. The highest BCUT2D eigenvalue weighted by Gasteiger charge is 2.26. The highest BCUT2D eigenvalue weighted by Crippen LogP contribution is 2.28. The van der Waals surface area contributed by atoms with Crippen molar-refractivity contribution in [3.8, 4) is 5.88 Å². The molecule has 2 N–H and O–H groups in total. The van der Waals surface area contributed by atoms with Crippen molar-refractivity contribution in [3.05, 3.63) is 35.6 Å². The fourth-order valence-electron chi connectivity index (χ4n) is 2.96. The van der Waals surface area contributed by atoms with Crippen LogP contribution in [0.1, 0.15) is 6.92 Å². The number of amides is 1. The van der Waals surface area contributed by atoms with Crippen LogP contribution in [0, 0.1) is 0 Å². The summed E-state index contributed by atoms with van der Waals surface area (Å²) in [6, 6.07) is 5.60. The van der Waals surface area contributed by atoms with Crippen molar-refractivity contribution in [2.24, 2.45) is 0 Å². The molecule has 26 heavy (non-hydrogen) atoms. The fourth-order valence-corrected chi connectivity index (χ4v) is 3.12. The van der Waals surface area contributed by atoms with Crippen LogP contribution in [0.5, 0.6) is 5.88 Å². The number of methoxy groups -OCH3 is 1. The fraction of sp³-hybridized carbons (Fsp3) is 0.353. The summed E-state index contributed by atoms with van der Waals surface area (Å²) < 4.78 is 5.21. The van der Waals surface area contributed by atoms with Crippen LogP contribution < -0.4 is 15.0 Å². The maximum atomic E-state index is 11.1. The molecule has 1 saturated heterocycles. The zero-order chi connectivity index (χ0) is 18.7. The Morgan fingerprint density at radius 2 is 2.15 bits per heavy atom. The van der Waals surface area contributed by atoms with Crippen molar-refractivity contribution >= 4 is 34.9 Å². The molecule has 8 nitrogen and oxygen atoms in total. The molecule has 1 aliphatic heterocycles. The molecule has 0 saturated carbocycles. The second-order valence-electron chi connectivity index (χ2n) is 6.01. The molecule has 2 aromatic heterocycles. The Balaban J connectivity index is 1.71. The minimum absolute atomic E-state index is 0.0812. The Bertz CT molecular complexity index is 786. The SMILES string of the molecule is COc1ncc(Cl)cc1Nc1ccc(N2CCN(C(=O)O)CC2C)cn1. The monoisotopic (exact) mass is 377 g/mol. The van der Waals surface area contributed by atoms with Crippen LogP contribution in [0.4, 0.5) is 22.0 Å². The predicted molar refractivity (Wildman–Crippen MR) is 99.7 cm³/mol. The summed E-state index contributed by atoms with van der Waals surface area (Å²) in [5.41, 5.74) is 1.58. The first-order valence-corrected chi connectivity index (χ1v) is 8.53. The lowest BCUT2D eigenvalue weighted by molar-refractivity contribution is 0.136. The summed E-state index contributed by atoms with van der Waals surface area (Å²) in [5, 5.41) is 12.7. The van der Waals surface area contributed by atoms with Gasteiger partial charge in [0.15, 0.2) is 0 Å². The Morgan fingerprint density at radius 3 is 2.77 bits per heavy atom. The van der Waals surface area contributed by atoms with Crippen LogP contribution in [0.2, 0.25) is 5.02 Å². The third-order valence-corrected chi connectivity index (χ3v) is 4.46. The van der Waals surface area contributed by atoms with Crippen LogP contribution in [-0.2, 0) is 0 Å². The average Bonchev–Trinajstić information content (AvgIpc) is 2.62. The van der Waals surface area contributed by atoms with E-state index in [1.54, 1.807) is 12.3 Å². The van der Waals surface area contributed by atoms with Crippen molar-refractivity contribution in [1.82, 2.24) is 14.9 Å². The minimum Gasteiger partial charge on any atom is -0.480 e. The summed E-state index contributed by atoms with van der Waals surface area (Å²) in [7, 11) is 1.54. The number of aromatic nitrogens is 2. The maximum Gasteiger partial charge on any atom is 0.407 e. The standard InChI is InChI=1S/C17H20ClN5O3/c1-11-10-22(17(24)25)5-6-23(11)13-3-4-15(19-9-13)21-14-7-12(18)8-20-16(14)26-2/h3-4,7-9,11H,5-6,10H2,1-2H3,(H,19,21)(H,24,25). The van der Waals surface area contributed by atoms with E-state index < -0.39 is 6.09 Å². The van der Waals surface area contributed by atoms with Gasteiger partial charge < -0.3 is 25.0 Å².